The van der Waals surface area contributed by atoms with Crippen LogP contribution in [0.2, 0.25) is 0 Å². The molecule has 0 amide bonds. The maximum atomic E-state index is 5.43. The fourth-order valence-electron chi connectivity index (χ4n) is 2.11. The summed E-state index contributed by atoms with van der Waals surface area (Å²) in [5.74, 6) is 2.07. The predicted octanol–water partition coefficient (Wildman–Crippen LogP) is 5.28. The first kappa shape index (κ1) is 14.8. The van der Waals surface area contributed by atoms with Gasteiger partial charge in [-0.3, -0.25) is 0 Å². The summed E-state index contributed by atoms with van der Waals surface area (Å²) in [5.41, 5.74) is 2.71. The Kier molecular flexibility index (Phi) is 5.97. The van der Waals surface area contributed by atoms with Crippen molar-refractivity contribution < 1.29 is 4.74 Å². The van der Waals surface area contributed by atoms with Crippen LogP contribution < -0.4 is 4.74 Å². The van der Waals surface area contributed by atoms with Gasteiger partial charge in [0.1, 0.15) is 5.75 Å². The van der Waals surface area contributed by atoms with Crippen molar-refractivity contribution in [1.29, 1.82) is 0 Å². The van der Waals surface area contributed by atoms with Gasteiger partial charge in [-0.25, -0.2) is 0 Å². The van der Waals surface area contributed by atoms with E-state index >= 15 is 0 Å². The fraction of sp³-hybridized carbons (Fsp3) is 0.529. The van der Waals surface area contributed by atoms with Crippen molar-refractivity contribution in [3.8, 4) is 5.75 Å². The molecule has 0 aromatic heterocycles. The first-order chi connectivity index (χ1) is 8.60. The fourth-order valence-corrected chi connectivity index (χ4v) is 2.11. The zero-order valence-corrected chi connectivity index (χ0v) is 12.4. The van der Waals surface area contributed by atoms with Crippen LogP contribution in [0.25, 0.3) is 0 Å². The van der Waals surface area contributed by atoms with E-state index in [1.54, 1.807) is 7.11 Å². The van der Waals surface area contributed by atoms with Gasteiger partial charge in [-0.2, -0.15) is 0 Å². The Labute approximate surface area is 112 Å². The van der Waals surface area contributed by atoms with Crippen molar-refractivity contribution in [1.82, 2.24) is 0 Å². The number of allylic oxidation sites excluding steroid dienone is 2. The number of benzene rings is 1. The number of rotatable bonds is 6. The second-order valence-corrected chi connectivity index (χ2v) is 5.17. The lowest BCUT2D eigenvalue weighted by Gasteiger charge is -2.16. The highest BCUT2D eigenvalue weighted by molar-refractivity contribution is 5.40. The number of ether oxygens (including phenoxy) is 1. The molecule has 18 heavy (non-hydrogen) atoms. The van der Waals surface area contributed by atoms with Crippen LogP contribution in [-0.4, -0.2) is 7.11 Å². The Balaban J connectivity index is 2.90. The monoisotopic (exact) mass is 246 g/mol. The average molecular weight is 246 g/mol. The second-order valence-electron chi connectivity index (χ2n) is 5.17. The molecule has 0 spiro atoms. The smallest absolute Gasteiger partial charge is 0.122 e. The van der Waals surface area contributed by atoms with Crippen molar-refractivity contribution >= 4 is 0 Å². The highest BCUT2D eigenvalue weighted by Gasteiger charge is 2.11. The van der Waals surface area contributed by atoms with Crippen LogP contribution in [0.3, 0.4) is 0 Å². The van der Waals surface area contributed by atoms with Gasteiger partial charge in [0.2, 0.25) is 0 Å². The minimum absolute atomic E-state index is 0.498. The van der Waals surface area contributed by atoms with Gasteiger partial charge < -0.3 is 4.74 Å². The number of hydrogen-bond acceptors (Lipinski definition) is 1. The summed E-state index contributed by atoms with van der Waals surface area (Å²) in [7, 11) is 1.74. The summed E-state index contributed by atoms with van der Waals surface area (Å²) in [4.78, 5) is 0. The van der Waals surface area contributed by atoms with E-state index < -0.39 is 0 Å². The summed E-state index contributed by atoms with van der Waals surface area (Å²) >= 11 is 0. The van der Waals surface area contributed by atoms with Crippen molar-refractivity contribution in [3.63, 3.8) is 0 Å². The minimum atomic E-state index is 0.498. The summed E-state index contributed by atoms with van der Waals surface area (Å²) in [6.45, 7) is 8.88. The van der Waals surface area contributed by atoms with E-state index in [9.17, 15) is 0 Å². The molecule has 0 bridgehead atoms. The van der Waals surface area contributed by atoms with Crippen LogP contribution in [0.5, 0.6) is 5.75 Å². The molecule has 1 heteroatoms. The molecular weight excluding hydrogens is 220 g/mol. The van der Waals surface area contributed by atoms with Crippen LogP contribution in [0.15, 0.2) is 30.4 Å². The van der Waals surface area contributed by atoms with Gasteiger partial charge >= 0.3 is 0 Å². The Hall–Kier alpha value is -1.24. The highest BCUT2D eigenvalue weighted by atomic mass is 16.5. The molecule has 1 atom stereocenters. The molecule has 0 radical (unpaired) electrons. The van der Waals surface area contributed by atoms with Crippen LogP contribution in [0.4, 0.5) is 0 Å². The SMILES string of the molecule is CC/C=C\CC(C)c1ccc(OC)c(C(C)C)c1. The van der Waals surface area contributed by atoms with Gasteiger partial charge in [-0.05, 0) is 41.9 Å². The lowest BCUT2D eigenvalue weighted by molar-refractivity contribution is 0.407. The lowest BCUT2D eigenvalue weighted by Crippen LogP contribution is -1.98. The molecular formula is C17H26O. The molecule has 0 aliphatic rings. The van der Waals surface area contributed by atoms with Gasteiger partial charge in [0.15, 0.2) is 0 Å². The lowest BCUT2D eigenvalue weighted by atomic mass is 9.92. The summed E-state index contributed by atoms with van der Waals surface area (Å²) in [5, 5.41) is 0. The van der Waals surface area contributed by atoms with E-state index in [1.807, 2.05) is 0 Å². The third kappa shape index (κ3) is 3.90. The van der Waals surface area contributed by atoms with E-state index in [0.29, 0.717) is 11.8 Å². The van der Waals surface area contributed by atoms with Gasteiger partial charge in [0, 0.05) is 0 Å². The van der Waals surface area contributed by atoms with Crippen LogP contribution in [-0.2, 0) is 0 Å². The van der Waals surface area contributed by atoms with Crippen LogP contribution in [0.1, 0.15) is 63.5 Å². The molecule has 0 N–H and O–H groups in total. The molecule has 1 rings (SSSR count). The van der Waals surface area contributed by atoms with E-state index in [4.69, 9.17) is 4.74 Å². The molecule has 1 unspecified atom stereocenters. The first-order valence-electron chi connectivity index (χ1n) is 6.92. The van der Waals surface area contributed by atoms with E-state index in [1.165, 1.54) is 11.1 Å². The van der Waals surface area contributed by atoms with Crippen LogP contribution >= 0.6 is 0 Å². The standard InChI is InChI=1S/C17H26O/c1-6-7-8-9-14(4)15-10-11-17(18-5)16(12-15)13(2)3/h7-8,10-14H,6,9H2,1-5H3/b8-7-. The topological polar surface area (TPSA) is 9.23 Å². The molecule has 1 nitrogen and oxygen atoms in total. The largest absolute Gasteiger partial charge is 0.496 e. The third-order valence-corrected chi connectivity index (χ3v) is 3.34. The maximum Gasteiger partial charge on any atom is 0.122 e. The molecule has 1 aromatic rings. The van der Waals surface area contributed by atoms with E-state index in [2.05, 4.69) is 58.0 Å². The molecule has 0 heterocycles. The summed E-state index contributed by atoms with van der Waals surface area (Å²) in [6, 6.07) is 6.59. The van der Waals surface area contributed by atoms with E-state index in [-0.39, 0.29) is 0 Å². The van der Waals surface area contributed by atoms with Gasteiger partial charge in [0.05, 0.1) is 7.11 Å². The predicted molar refractivity (Wildman–Crippen MR) is 79.5 cm³/mol. The molecule has 0 aliphatic heterocycles. The molecule has 0 saturated carbocycles. The highest BCUT2D eigenvalue weighted by Crippen LogP contribution is 2.30. The van der Waals surface area contributed by atoms with Gasteiger partial charge in [-0.15, -0.1) is 0 Å². The Morgan fingerprint density at radius 2 is 1.89 bits per heavy atom. The first-order valence-corrected chi connectivity index (χ1v) is 6.92. The molecule has 0 fully saturated rings. The molecule has 0 saturated heterocycles. The Morgan fingerprint density at radius 3 is 2.44 bits per heavy atom. The zero-order valence-electron chi connectivity index (χ0n) is 12.4. The summed E-state index contributed by atoms with van der Waals surface area (Å²) in [6.07, 6.45) is 6.75. The summed E-state index contributed by atoms with van der Waals surface area (Å²) < 4.78 is 5.43. The number of methoxy groups -OCH3 is 1. The second kappa shape index (κ2) is 7.25. The van der Waals surface area contributed by atoms with Gasteiger partial charge in [0.25, 0.3) is 0 Å². The average Bonchev–Trinajstić information content (AvgIpc) is 2.38. The van der Waals surface area contributed by atoms with Crippen molar-refractivity contribution in [2.75, 3.05) is 7.11 Å². The van der Waals surface area contributed by atoms with Crippen molar-refractivity contribution in [2.24, 2.45) is 0 Å². The molecule has 0 aliphatic carbocycles. The van der Waals surface area contributed by atoms with Crippen molar-refractivity contribution in [2.45, 2.75) is 52.4 Å². The van der Waals surface area contributed by atoms with Crippen LogP contribution in [0, 0.1) is 0 Å². The van der Waals surface area contributed by atoms with Gasteiger partial charge in [-0.1, -0.05) is 52.0 Å². The van der Waals surface area contributed by atoms with Crippen molar-refractivity contribution in [3.05, 3.63) is 41.5 Å². The minimum Gasteiger partial charge on any atom is -0.496 e. The molecule has 1 aromatic carbocycles. The third-order valence-electron chi connectivity index (χ3n) is 3.34. The quantitative estimate of drug-likeness (QED) is 0.621. The Bertz CT molecular complexity index is 391. The van der Waals surface area contributed by atoms with E-state index in [0.717, 1.165) is 18.6 Å². The number of hydrogen-bond donors (Lipinski definition) is 0. The molecule has 100 valence electrons. The zero-order chi connectivity index (χ0) is 13.5. The maximum absolute atomic E-state index is 5.43. The Morgan fingerprint density at radius 1 is 1.17 bits per heavy atom. The normalized spacial score (nSPS) is 13.2.